The van der Waals surface area contributed by atoms with E-state index in [9.17, 15) is 9.90 Å². The summed E-state index contributed by atoms with van der Waals surface area (Å²) < 4.78 is 0. The first kappa shape index (κ1) is 24.4. The molecule has 1 unspecified atom stereocenters. The number of amides is 1. The van der Waals surface area contributed by atoms with Crippen molar-refractivity contribution in [1.82, 2.24) is 5.32 Å². The summed E-state index contributed by atoms with van der Waals surface area (Å²) in [6.45, 7) is 4.31. The van der Waals surface area contributed by atoms with Crippen molar-refractivity contribution in [2.24, 2.45) is 5.73 Å². The molecule has 0 bridgehead atoms. The van der Waals surface area contributed by atoms with Crippen molar-refractivity contribution in [1.29, 1.82) is 0 Å². The van der Waals surface area contributed by atoms with E-state index in [1.165, 1.54) is 70.6 Å². The minimum atomic E-state index is -1.22. The topological polar surface area (TPSA) is 75.3 Å². The second-order valence-corrected chi connectivity index (χ2v) is 7.53. The Hall–Kier alpha value is -0.610. The number of rotatable bonds is 18. The van der Waals surface area contributed by atoms with Gasteiger partial charge in [-0.2, -0.15) is 0 Å². The maximum Gasteiger partial charge on any atom is 0.222 e. The van der Waals surface area contributed by atoms with Crippen molar-refractivity contribution < 1.29 is 9.90 Å². The predicted octanol–water partition coefficient (Wildman–Crippen LogP) is 5.03. The fourth-order valence-electron chi connectivity index (χ4n) is 3.25. The Bertz CT molecular complexity index is 310. The summed E-state index contributed by atoms with van der Waals surface area (Å²) in [6, 6.07) is 0. The zero-order valence-electron chi connectivity index (χ0n) is 17.0. The number of aliphatic hydroxyl groups is 1. The Kier molecular flexibility index (Phi) is 16.4. The molecular formula is C21H44N2O2. The molecule has 0 saturated carbocycles. The lowest BCUT2D eigenvalue weighted by molar-refractivity contribution is -0.128. The summed E-state index contributed by atoms with van der Waals surface area (Å²) in [5, 5.41) is 12.8. The average molecular weight is 357 g/mol. The van der Waals surface area contributed by atoms with E-state index in [1.54, 1.807) is 0 Å². The monoisotopic (exact) mass is 356 g/mol. The normalized spacial score (nSPS) is 13.6. The first-order valence-electron chi connectivity index (χ1n) is 10.8. The second kappa shape index (κ2) is 16.8. The van der Waals surface area contributed by atoms with E-state index >= 15 is 0 Å². The first-order valence-corrected chi connectivity index (χ1v) is 10.8. The van der Waals surface area contributed by atoms with E-state index in [2.05, 4.69) is 12.2 Å². The van der Waals surface area contributed by atoms with Crippen LogP contribution in [0.4, 0.5) is 0 Å². The Balaban J connectivity index is 3.39. The zero-order chi connectivity index (χ0) is 18.8. The Morgan fingerprint density at radius 3 is 1.64 bits per heavy atom. The van der Waals surface area contributed by atoms with Crippen molar-refractivity contribution >= 4 is 5.91 Å². The van der Waals surface area contributed by atoms with Crippen LogP contribution in [0.15, 0.2) is 0 Å². The van der Waals surface area contributed by atoms with Crippen molar-refractivity contribution in [2.45, 2.75) is 122 Å². The minimum Gasteiger partial charge on any atom is -0.370 e. The van der Waals surface area contributed by atoms with Gasteiger partial charge in [0.25, 0.3) is 0 Å². The average Bonchev–Trinajstić information content (AvgIpc) is 2.59. The van der Waals surface area contributed by atoms with Crippen LogP contribution in [0.2, 0.25) is 0 Å². The fourth-order valence-corrected chi connectivity index (χ4v) is 3.25. The standard InChI is InChI=1S/C21H44N2O2/c1-3-5-6-7-8-9-10-11-12-13-14-15-16-17-20(24)23-21(25,19-22)18-4-2/h25H,3-19,22H2,1-2H3,(H,23,24). The molecule has 0 heterocycles. The van der Waals surface area contributed by atoms with Crippen LogP contribution in [0.25, 0.3) is 0 Å². The molecule has 0 rings (SSSR count). The van der Waals surface area contributed by atoms with E-state index in [0.717, 1.165) is 19.3 Å². The molecule has 0 aromatic carbocycles. The number of carbonyl (C=O) groups is 1. The molecule has 0 fully saturated rings. The van der Waals surface area contributed by atoms with Gasteiger partial charge in [-0.15, -0.1) is 0 Å². The van der Waals surface area contributed by atoms with Crippen LogP contribution in [-0.2, 0) is 4.79 Å². The molecule has 4 N–H and O–H groups in total. The SMILES string of the molecule is CCCCCCCCCCCCCCCC(=O)NC(O)(CN)CCC. The van der Waals surface area contributed by atoms with Gasteiger partial charge in [-0.25, -0.2) is 0 Å². The number of hydrogen-bond acceptors (Lipinski definition) is 3. The smallest absolute Gasteiger partial charge is 0.222 e. The Morgan fingerprint density at radius 1 is 0.800 bits per heavy atom. The van der Waals surface area contributed by atoms with Crippen molar-refractivity contribution in [2.75, 3.05) is 6.54 Å². The van der Waals surface area contributed by atoms with Crippen LogP contribution in [0, 0.1) is 0 Å². The highest BCUT2D eigenvalue weighted by molar-refractivity contribution is 5.76. The quantitative estimate of drug-likeness (QED) is 0.238. The van der Waals surface area contributed by atoms with E-state index in [0.29, 0.717) is 12.8 Å². The van der Waals surface area contributed by atoms with Crippen LogP contribution < -0.4 is 11.1 Å². The summed E-state index contributed by atoms with van der Waals surface area (Å²) in [5.41, 5.74) is 4.33. The van der Waals surface area contributed by atoms with Gasteiger partial charge >= 0.3 is 0 Å². The van der Waals surface area contributed by atoms with E-state index < -0.39 is 5.72 Å². The van der Waals surface area contributed by atoms with Gasteiger partial charge in [-0.3, -0.25) is 4.79 Å². The molecule has 0 aliphatic carbocycles. The molecule has 150 valence electrons. The molecule has 25 heavy (non-hydrogen) atoms. The molecule has 0 aromatic rings. The number of carbonyl (C=O) groups excluding carboxylic acids is 1. The molecule has 0 aromatic heterocycles. The van der Waals surface area contributed by atoms with Gasteiger partial charge in [-0.05, 0) is 12.8 Å². The molecule has 0 aliphatic heterocycles. The van der Waals surface area contributed by atoms with Crippen LogP contribution in [0.3, 0.4) is 0 Å². The lowest BCUT2D eigenvalue weighted by Crippen LogP contribution is -2.53. The summed E-state index contributed by atoms with van der Waals surface area (Å²) >= 11 is 0. The highest BCUT2D eigenvalue weighted by Gasteiger charge is 2.25. The molecular weight excluding hydrogens is 312 g/mol. The summed E-state index contributed by atoms with van der Waals surface area (Å²) in [6.07, 6.45) is 18.7. The van der Waals surface area contributed by atoms with Gasteiger partial charge in [0.05, 0.1) is 0 Å². The molecule has 0 saturated heterocycles. The van der Waals surface area contributed by atoms with Gasteiger partial charge in [0.1, 0.15) is 5.72 Å². The number of unbranched alkanes of at least 4 members (excludes halogenated alkanes) is 12. The maximum atomic E-state index is 11.9. The molecule has 0 aliphatic rings. The van der Waals surface area contributed by atoms with Gasteiger partial charge in [0, 0.05) is 13.0 Å². The fraction of sp³-hybridized carbons (Fsp3) is 0.952. The maximum absolute atomic E-state index is 11.9. The third-order valence-corrected chi connectivity index (χ3v) is 4.88. The Morgan fingerprint density at radius 2 is 1.24 bits per heavy atom. The minimum absolute atomic E-state index is 0.0746. The Labute approximate surface area is 156 Å². The van der Waals surface area contributed by atoms with Gasteiger partial charge in [0.15, 0.2) is 0 Å². The highest BCUT2D eigenvalue weighted by atomic mass is 16.3. The van der Waals surface area contributed by atoms with E-state index in [-0.39, 0.29) is 12.5 Å². The highest BCUT2D eigenvalue weighted by Crippen LogP contribution is 2.13. The summed E-state index contributed by atoms with van der Waals surface area (Å²) in [5.74, 6) is -0.0792. The third kappa shape index (κ3) is 15.4. The summed E-state index contributed by atoms with van der Waals surface area (Å²) in [7, 11) is 0. The van der Waals surface area contributed by atoms with Crippen molar-refractivity contribution in [3.8, 4) is 0 Å². The molecule has 1 atom stereocenters. The van der Waals surface area contributed by atoms with Crippen molar-refractivity contribution in [3.05, 3.63) is 0 Å². The molecule has 4 heteroatoms. The van der Waals surface area contributed by atoms with E-state index in [1.807, 2.05) is 6.92 Å². The van der Waals surface area contributed by atoms with Gasteiger partial charge in [-0.1, -0.05) is 97.3 Å². The molecule has 0 radical (unpaired) electrons. The number of nitrogens with one attached hydrogen (secondary N) is 1. The molecule has 1 amide bonds. The predicted molar refractivity (Wildman–Crippen MR) is 107 cm³/mol. The molecule has 0 spiro atoms. The number of nitrogens with two attached hydrogens (primary N) is 1. The van der Waals surface area contributed by atoms with Crippen LogP contribution in [0.1, 0.15) is 117 Å². The van der Waals surface area contributed by atoms with E-state index in [4.69, 9.17) is 5.73 Å². The second-order valence-electron chi connectivity index (χ2n) is 7.53. The van der Waals surface area contributed by atoms with Crippen LogP contribution >= 0.6 is 0 Å². The lowest BCUT2D eigenvalue weighted by atomic mass is 10.0. The van der Waals surface area contributed by atoms with Crippen molar-refractivity contribution in [3.63, 3.8) is 0 Å². The number of hydrogen-bond donors (Lipinski definition) is 3. The largest absolute Gasteiger partial charge is 0.370 e. The van der Waals surface area contributed by atoms with Gasteiger partial charge < -0.3 is 16.2 Å². The summed E-state index contributed by atoms with van der Waals surface area (Å²) in [4.78, 5) is 11.9. The van der Waals surface area contributed by atoms with Gasteiger partial charge in [0.2, 0.25) is 5.91 Å². The lowest BCUT2D eigenvalue weighted by Gasteiger charge is -2.27. The zero-order valence-corrected chi connectivity index (χ0v) is 17.0. The third-order valence-electron chi connectivity index (χ3n) is 4.88. The molecule has 4 nitrogen and oxygen atoms in total. The van der Waals surface area contributed by atoms with Crippen LogP contribution in [0.5, 0.6) is 0 Å². The van der Waals surface area contributed by atoms with Crippen LogP contribution in [-0.4, -0.2) is 23.3 Å². The first-order chi connectivity index (χ1) is 12.1.